The molecule has 0 saturated heterocycles. The normalized spacial score (nSPS) is 25.3. The maximum Gasteiger partial charge on any atom is 0.228 e. The van der Waals surface area contributed by atoms with Crippen LogP contribution in [0.4, 0.5) is 0 Å². The first-order valence-corrected chi connectivity index (χ1v) is 7.49. The van der Waals surface area contributed by atoms with E-state index in [4.69, 9.17) is 0 Å². The van der Waals surface area contributed by atoms with Gasteiger partial charge in [-0.2, -0.15) is 0 Å². The average Bonchev–Trinajstić information content (AvgIpc) is 2.98. The van der Waals surface area contributed by atoms with Crippen LogP contribution in [0.2, 0.25) is 0 Å². The van der Waals surface area contributed by atoms with Crippen LogP contribution in [0.1, 0.15) is 64.7 Å². The van der Waals surface area contributed by atoms with Crippen LogP contribution in [-0.2, 0) is 4.79 Å². The second-order valence-electron chi connectivity index (χ2n) is 6.43. The van der Waals surface area contributed by atoms with Gasteiger partial charge in [-0.15, -0.1) is 0 Å². The summed E-state index contributed by atoms with van der Waals surface area (Å²) in [5.74, 6) is 0.267. The maximum absolute atomic E-state index is 12.6. The first-order valence-electron chi connectivity index (χ1n) is 7.49. The zero-order valence-electron chi connectivity index (χ0n) is 11.9. The van der Waals surface area contributed by atoms with Crippen molar-refractivity contribution < 1.29 is 9.90 Å². The van der Waals surface area contributed by atoms with Crippen LogP contribution >= 0.6 is 0 Å². The molecule has 2 rings (SSSR count). The molecular weight excluding hydrogens is 226 g/mol. The number of hydrogen-bond acceptors (Lipinski definition) is 2. The molecule has 0 atom stereocenters. The third kappa shape index (κ3) is 2.56. The molecule has 0 heterocycles. The molecule has 2 fully saturated rings. The number of aliphatic hydroxyl groups is 1. The molecular formula is C15H27NO2. The predicted molar refractivity (Wildman–Crippen MR) is 72.2 cm³/mol. The fourth-order valence-electron chi connectivity index (χ4n) is 3.88. The van der Waals surface area contributed by atoms with Gasteiger partial charge in [0.05, 0.1) is 5.60 Å². The van der Waals surface area contributed by atoms with Gasteiger partial charge in [-0.05, 0) is 32.1 Å². The summed E-state index contributed by atoms with van der Waals surface area (Å²) in [6.07, 6.45) is 9.25. The van der Waals surface area contributed by atoms with Crippen molar-refractivity contribution in [1.82, 2.24) is 4.90 Å². The minimum Gasteiger partial charge on any atom is -0.388 e. The SMILES string of the molecule is CCC1(C(=O)N(C)CC2(O)CCCC2)CCCC1. The van der Waals surface area contributed by atoms with Gasteiger partial charge in [-0.1, -0.05) is 32.6 Å². The third-order valence-corrected chi connectivity index (χ3v) is 5.10. The molecule has 2 aliphatic carbocycles. The van der Waals surface area contributed by atoms with Gasteiger partial charge in [-0.25, -0.2) is 0 Å². The zero-order chi connectivity index (χ0) is 13.2. The van der Waals surface area contributed by atoms with Crippen molar-refractivity contribution in [2.24, 2.45) is 5.41 Å². The van der Waals surface area contributed by atoms with Crippen LogP contribution in [0.3, 0.4) is 0 Å². The molecule has 0 radical (unpaired) electrons. The van der Waals surface area contributed by atoms with Crippen LogP contribution in [0.5, 0.6) is 0 Å². The number of nitrogens with zero attached hydrogens (tertiary/aromatic N) is 1. The molecule has 0 aromatic carbocycles. The van der Waals surface area contributed by atoms with E-state index in [2.05, 4.69) is 6.92 Å². The average molecular weight is 253 g/mol. The minimum atomic E-state index is -0.613. The zero-order valence-corrected chi connectivity index (χ0v) is 11.9. The molecule has 1 N–H and O–H groups in total. The Morgan fingerprint density at radius 2 is 1.61 bits per heavy atom. The monoisotopic (exact) mass is 253 g/mol. The van der Waals surface area contributed by atoms with Gasteiger partial charge in [-0.3, -0.25) is 4.79 Å². The molecule has 3 nitrogen and oxygen atoms in total. The minimum absolute atomic E-state index is 0.121. The Hall–Kier alpha value is -0.570. The van der Waals surface area contributed by atoms with E-state index in [0.717, 1.165) is 44.9 Å². The molecule has 0 bridgehead atoms. The van der Waals surface area contributed by atoms with Crippen LogP contribution in [0, 0.1) is 5.41 Å². The van der Waals surface area contributed by atoms with Crippen molar-refractivity contribution in [3.8, 4) is 0 Å². The Balaban J connectivity index is 1.99. The van der Waals surface area contributed by atoms with Crippen molar-refractivity contribution in [3.05, 3.63) is 0 Å². The van der Waals surface area contributed by atoms with E-state index < -0.39 is 5.60 Å². The molecule has 0 aromatic rings. The number of hydrogen-bond donors (Lipinski definition) is 1. The van der Waals surface area contributed by atoms with Gasteiger partial charge in [0.25, 0.3) is 0 Å². The van der Waals surface area contributed by atoms with Crippen molar-refractivity contribution in [2.45, 2.75) is 70.3 Å². The van der Waals surface area contributed by atoms with Gasteiger partial charge in [0.1, 0.15) is 0 Å². The van der Waals surface area contributed by atoms with Crippen molar-refractivity contribution in [2.75, 3.05) is 13.6 Å². The van der Waals surface area contributed by atoms with Crippen molar-refractivity contribution >= 4 is 5.91 Å². The third-order valence-electron chi connectivity index (χ3n) is 5.10. The highest BCUT2D eigenvalue weighted by molar-refractivity contribution is 5.82. The topological polar surface area (TPSA) is 40.5 Å². The molecule has 0 unspecified atom stereocenters. The second kappa shape index (κ2) is 5.20. The van der Waals surface area contributed by atoms with Crippen molar-refractivity contribution in [3.63, 3.8) is 0 Å². The standard InChI is InChI=1S/C15H27NO2/c1-3-14(8-4-5-9-14)13(17)16(2)12-15(18)10-6-7-11-15/h18H,3-12H2,1-2H3. The highest BCUT2D eigenvalue weighted by Crippen LogP contribution is 2.42. The van der Waals surface area contributed by atoms with Gasteiger partial charge >= 0.3 is 0 Å². The predicted octanol–water partition coefficient (Wildman–Crippen LogP) is 2.72. The van der Waals surface area contributed by atoms with E-state index in [1.807, 2.05) is 7.05 Å². The largest absolute Gasteiger partial charge is 0.388 e. The molecule has 0 aliphatic heterocycles. The summed E-state index contributed by atoms with van der Waals surface area (Å²) >= 11 is 0. The fourth-order valence-corrected chi connectivity index (χ4v) is 3.88. The molecule has 2 saturated carbocycles. The summed E-state index contributed by atoms with van der Waals surface area (Å²) in [6, 6.07) is 0. The first-order chi connectivity index (χ1) is 8.51. The Kier molecular flexibility index (Phi) is 4.00. The van der Waals surface area contributed by atoms with E-state index in [0.29, 0.717) is 6.54 Å². The van der Waals surface area contributed by atoms with Gasteiger partial charge < -0.3 is 10.0 Å². The smallest absolute Gasteiger partial charge is 0.228 e. The lowest BCUT2D eigenvalue weighted by atomic mass is 9.81. The van der Waals surface area contributed by atoms with E-state index in [1.165, 1.54) is 12.8 Å². The lowest BCUT2D eigenvalue weighted by Crippen LogP contribution is -2.47. The summed E-state index contributed by atoms with van der Waals surface area (Å²) in [5.41, 5.74) is -0.734. The maximum atomic E-state index is 12.6. The van der Waals surface area contributed by atoms with Crippen LogP contribution in [0.15, 0.2) is 0 Å². The van der Waals surface area contributed by atoms with E-state index in [1.54, 1.807) is 4.90 Å². The van der Waals surface area contributed by atoms with Gasteiger partial charge in [0.15, 0.2) is 0 Å². The lowest BCUT2D eigenvalue weighted by Gasteiger charge is -2.35. The Bertz CT molecular complexity index is 302. The summed E-state index contributed by atoms with van der Waals surface area (Å²) in [7, 11) is 1.87. The second-order valence-corrected chi connectivity index (χ2v) is 6.43. The van der Waals surface area contributed by atoms with E-state index in [-0.39, 0.29) is 11.3 Å². The molecule has 1 amide bonds. The van der Waals surface area contributed by atoms with E-state index in [9.17, 15) is 9.90 Å². The number of likely N-dealkylation sites (N-methyl/N-ethyl adjacent to an activating group) is 1. The summed E-state index contributed by atoms with van der Waals surface area (Å²) in [6.45, 7) is 2.65. The quantitative estimate of drug-likeness (QED) is 0.837. The Morgan fingerprint density at radius 3 is 2.11 bits per heavy atom. The molecule has 2 aliphatic rings. The van der Waals surface area contributed by atoms with Crippen LogP contribution < -0.4 is 0 Å². The summed E-state index contributed by atoms with van der Waals surface area (Å²) < 4.78 is 0. The lowest BCUT2D eigenvalue weighted by molar-refractivity contribution is -0.144. The fraction of sp³-hybridized carbons (Fsp3) is 0.933. The van der Waals surface area contributed by atoms with Crippen LogP contribution in [0.25, 0.3) is 0 Å². The molecule has 0 aromatic heterocycles. The van der Waals surface area contributed by atoms with Crippen LogP contribution in [-0.4, -0.2) is 35.1 Å². The summed E-state index contributed by atoms with van der Waals surface area (Å²) in [4.78, 5) is 14.4. The summed E-state index contributed by atoms with van der Waals surface area (Å²) in [5, 5.41) is 10.4. The number of carbonyl (C=O) groups is 1. The highest BCUT2D eigenvalue weighted by Gasteiger charge is 2.43. The first kappa shape index (κ1) is 13.9. The number of carbonyl (C=O) groups excluding carboxylic acids is 1. The Morgan fingerprint density at radius 1 is 1.11 bits per heavy atom. The molecule has 104 valence electrons. The van der Waals surface area contributed by atoms with Gasteiger partial charge in [0, 0.05) is 19.0 Å². The van der Waals surface area contributed by atoms with E-state index >= 15 is 0 Å². The van der Waals surface area contributed by atoms with Crippen molar-refractivity contribution in [1.29, 1.82) is 0 Å². The highest BCUT2D eigenvalue weighted by atomic mass is 16.3. The molecule has 18 heavy (non-hydrogen) atoms. The molecule has 3 heteroatoms. The molecule has 0 spiro atoms. The Labute approximate surface area is 111 Å². The van der Waals surface area contributed by atoms with Gasteiger partial charge in [0.2, 0.25) is 5.91 Å². The number of rotatable bonds is 4. The number of amides is 1.